The van der Waals surface area contributed by atoms with Crippen LogP contribution in [0.3, 0.4) is 0 Å². The Labute approximate surface area is 144 Å². The second-order valence-electron chi connectivity index (χ2n) is 5.28. The number of rotatable bonds is 5. The number of nitrogens with zero attached hydrogens (tertiary/aromatic N) is 2. The van der Waals surface area contributed by atoms with Crippen molar-refractivity contribution in [3.63, 3.8) is 0 Å². The van der Waals surface area contributed by atoms with Crippen LogP contribution in [0, 0.1) is 0 Å². The number of carbonyl (C=O) groups is 1. The number of halogens is 1. The third-order valence-corrected chi connectivity index (χ3v) is 3.92. The highest BCUT2D eigenvalue weighted by Gasteiger charge is 2.14. The predicted molar refractivity (Wildman–Crippen MR) is 92.3 cm³/mol. The fourth-order valence-corrected chi connectivity index (χ4v) is 2.47. The van der Waals surface area contributed by atoms with E-state index in [1.54, 1.807) is 24.3 Å². The number of aromatic nitrogens is 2. The number of amides is 1. The monoisotopic (exact) mass is 341 g/mol. The average molecular weight is 342 g/mol. The Balaban J connectivity index is 1.67. The highest BCUT2D eigenvalue weighted by atomic mass is 35.5. The van der Waals surface area contributed by atoms with Crippen LogP contribution in [0.25, 0.3) is 0 Å². The molecule has 1 N–H and O–H groups in total. The molecule has 122 valence electrons. The molecule has 1 amide bonds. The fraction of sp³-hybridized carbons (Fsp3) is 0.167. The van der Waals surface area contributed by atoms with Crippen LogP contribution in [-0.4, -0.2) is 16.1 Å². The molecule has 0 unspecified atom stereocenters. The number of benzene rings is 2. The highest BCUT2D eigenvalue weighted by molar-refractivity contribution is 6.34. The molecule has 0 radical (unpaired) electrons. The molecule has 5 nitrogen and oxygen atoms in total. The van der Waals surface area contributed by atoms with Crippen molar-refractivity contribution >= 4 is 23.5 Å². The van der Waals surface area contributed by atoms with Crippen molar-refractivity contribution in [3.05, 3.63) is 76.1 Å². The molecule has 0 atom stereocenters. The molecule has 0 fully saturated rings. The summed E-state index contributed by atoms with van der Waals surface area (Å²) in [4.78, 5) is 12.1. The molecule has 0 aliphatic heterocycles. The molecule has 0 aliphatic carbocycles. The van der Waals surface area contributed by atoms with E-state index in [1.807, 2.05) is 12.1 Å². The van der Waals surface area contributed by atoms with E-state index in [1.165, 1.54) is 5.56 Å². The summed E-state index contributed by atoms with van der Waals surface area (Å²) in [6.45, 7) is 2.11. The molecule has 1 aromatic heterocycles. The Bertz CT molecular complexity index is 843. The number of aryl methyl sites for hydroxylation is 1. The molecule has 0 spiro atoms. The van der Waals surface area contributed by atoms with Crippen LogP contribution in [0.5, 0.6) is 0 Å². The number of hydrogen-bond donors (Lipinski definition) is 1. The lowest BCUT2D eigenvalue weighted by molar-refractivity contribution is 0.102. The van der Waals surface area contributed by atoms with Crippen molar-refractivity contribution in [2.45, 2.75) is 19.8 Å². The van der Waals surface area contributed by atoms with Gasteiger partial charge in [0, 0.05) is 0 Å². The summed E-state index contributed by atoms with van der Waals surface area (Å²) in [5, 5.41) is 10.7. The zero-order valence-corrected chi connectivity index (χ0v) is 13.9. The largest absolute Gasteiger partial charge is 0.407 e. The molecule has 3 rings (SSSR count). The Morgan fingerprint density at radius 3 is 2.50 bits per heavy atom. The maximum Gasteiger partial charge on any atom is 0.322 e. The first-order valence-corrected chi connectivity index (χ1v) is 7.99. The van der Waals surface area contributed by atoms with E-state index in [9.17, 15) is 4.79 Å². The van der Waals surface area contributed by atoms with Crippen LogP contribution in [0.4, 0.5) is 6.01 Å². The molecule has 0 saturated carbocycles. The van der Waals surface area contributed by atoms with Gasteiger partial charge in [-0.3, -0.25) is 10.1 Å². The lowest BCUT2D eigenvalue weighted by Gasteiger charge is -2.02. The highest BCUT2D eigenvalue weighted by Crippen LogP contribution is 2.17. The average Bonchev–Trinajstić information content (AvgIpc) is 3.02. The summed E-state index contributed by atoms with van der Waals surface area (Å²) < 4.78 is 5.48. The van der Waals surface area contributed by atoms with E-state index < -0.39 is 0 Å². The summed E-state index contributed by atoms with van der Waals surface area (Å²) >= 11 is 6.00. The zero-order chi connectivity index (χ0) is 16.9. The van der Waals surface area contributed by atoms with Gasteiger partial charge in [0.15, 0.2) is 0 Å². The van der Waals surface area contributed by atoms with E-state index in [0.717, 1.165) is 12.0 Å². The van der Waals surface area contributed by atoms with Crippen LogP contribution in [0.2, 0.25) is 5.02 Å². The molecule has 0 aliphatic rings. The second kappa shape index (κ2) is 7.27. The standard InChI is InChI=1S/C18H16ClN3O2/c1-2-12-7-9-13(10-8-12)11-16-21-22-18(24-16)20-17(23)14-5-3-4-6-15(14)19/h3-10H,2,11H2,1H3,(H,20,22,23). The van der Waals surface area contributed by atoms with Gasteiger partial charge in [-0.05, 0) is 29.7 Å². The van der Waals surface area contributed by atoms with Crippen LogP contribution in [0.1, 0.15) is 34.3 Å². The quantitative estimate of drug-likeness (QED) is 0.757. The lowest BCUT2D eigenvalue weighted by atomic mass is 10.1. The van der Waals surface area contributed by atoms with Crippen LogP contribution in [0.15, 0.2) is 52.9 Å². The summed E-state index contributed by atoms with van der Waals surface area (Å²) in [7, 11) is 0. The van der Waals surface area contributed by atoms with Gasteiger partial charge >= 0.3 is 6.01 Å². The number of hydrogen-bond acceptors (Lipinski definition) is 4. The minimum atomic E-state index is -0.386. The van der Waals surface area contributed by atoms with Crippen molar-refractivity contribution in [2.75, 3.05) is 5.32 Å². The van der Waals surface area contributed by atoms with Gasteiger partial charge in [0.25, 0.3) is 5.91 Å². The van der Waals surface area contributed by atoms with Gasteiger partial charge in [0.2, 0.25) is 5.89 Å². The van der Waals surface area contributed by atoms with Crippen molar-refractivity contribution in [1.82, 2.24) is 10.2 Å². The number of nitrogens with one attached hydrogen (secondary N) is 1. The normalized spacial score (nSPS) is 10.6. The van der Waals surface area contributed by atoms with Gasteiger partial charge in [-0.2, -0.15) is 0 Å². The molecule has 3 aromatic rings. The molecular formula is C18H16ClN3O2. The van der Waals surface area contributed by atoms with Crippen LogP contribution >= 0.6 is 11.6 Å². The Kier molecular flexibility index (Phi) is 4.91. The van der Waals surface area contributed by atoms with Gasteiger partial charge in [-0.15, -0.1) is 5.10 Å². The first-order valence-electron chi connectivity index (χ1n) is 7.62. The summed E-state index contributed by atoms with van der Waals surface area (Å²) in [6.07, 6.45) is 1.51. The van der Waals surface area contributed by atoms with Gasteiger partial charge in [-0.25, -0.2) is 0 Å². The molecule has 0 saturated heterocycles. The van der Waals surface area contributed by atoms with Gasteiger partial charge in [-0.1, -0.05) is 60.0 Å². The first-order chi connectivity index (χ1) is 11.7. The van der Waals surface area contributed by atoms with E-state index in [4.69, 9.17) is 16.0 Å². The minimum Gasteiger partial charge on any atom is -0.407 e. The van der Waals surface area contributed by atoms with Gasteiger partial charge < -0.3 is 4.42 Å². The second-order valence-corrected chi connectivity index (χ2v) is 5.69. The molecule has 24 heavy (non-hydrogen) atoms. The van der Waals surface area contributed by atoms with E-state index in [2.05, 4.69) is 34.6 Å². The smallest absolute Gasteiger partial charge is 0.322 e. The SMILES string of the molecule is CCc1ccc(Cc2nnc(NC(=O)c3ccccc3Cl)o2)cc1. The lowest BCUT2D eigenvalue weighted by Crippen LogP contribution is -2.12. The molecule has 0 bridgehead atoms. The van der Waals surface area contributed by atoms with Crippen molar-refractivity contribution in [1.29, 1.82) is 0 Å². The van der Waals surface area contributed by atoms with Crippen LogP contribution < -0.4 is 5.32 Å². The number of carbonyl (C=O) groups excluding carboxylic acids is 1. The zero-order valence-electron chi connectivity index (χ0n) is 13.1. The third kappa shape index (κ3) is 3.81. The maximum absolute atomic E-state index is 12.1. The Morgan fingerprint density at radius 2 is 1.79 bits per heavy atom. The van der Waals surface area contributed by atoms with Crippen molar-refractivity contribution < 1.29 is 9.21 Å². The minimum absolute atomic E-state index is 0.0556. The predicted octanol–water partition coefficient (Wildman–Crippen LogP) is 4.13. The van der Waals surface area contributed by atoms with Crippen molar-refractivity contribution in [2.24, 2.45) is 0 Å². The molecule has 1 heterocycles. The summed E-state index contributed by atoms with van der Waals surface area (Å²) in [5.41, 5.74) is 2.70. The van der Waals surface area contributed by atoms with E-state index in [-0.39, 0.29) is 11.9 Å². The van der Waals surface area contributed by atoms with E-state index in [0.29, 0.717) is 22.9 Å². The summed E-state index contributed by atoms with van der Waals surface area (Å²) in [6, 6.07) is 15.0. The first kappa shape index (κ1) is 16.2. The fourth-order valence-electron chi connectivity index (χ4n) is 2.25. The third-order valence-electron chi connectivity index (χ3n) is 3.59. The van der Waals surface area contributed by atoms with Crippen molar-refractivity contribution in [3.8, 4) is 0 Å². The maximum atomic E-state index is 12.1. The molecule has 6 heteroatoms. The Morgan fingerprint density at radius 1 is 1.08 bits per heavy atom. The molecular weight excluding hydrogens is 326 g/mol. The van der Waals surface area contributed by atoms with E-state index >= 15 is 0 Å². The van der Waals surface area contributed by atoms with Gasteiger partial charge in [0.1, 0.15) is 0 Å². The molecule has 2 aromatic carbocycles. The number of anilines is 1. The van der Waals surface area contributed by atoms with Crippen LogP contribution in [-0.2, 0) is 12.8 Å². The van der Waals surface area contributed by atoms with Gasteiger partial charge in [0.05, 0.1) is 17.0 Å². The summed E-state index contributed by atoms with van der Waals surface area (Å²) in [5.74, 6) is 0.0526. The topological polar surface area (TPSA) is 68.0 Å². The Hall–Kier alpha value is -2.66.